The fourth-order valence-corrected chi connectivity index (χ4v) is 2.64. The molecule has 0 saturated heterocycles. The summed E-state index contributed by atoms with van der Waals surface area (Å²) in [6.07, 6.45) is 8.06. The van der Waals surface area contributed by atoms with E-state index in [9.17, 15) is 5.11 Å². The van der Waals surface area contributed by atoms with Gasteiger partial charge in [0.05, 0.1) is 0 Å². The molecule has 21 heavy (non-hydrogen) atoms. The minimum atomic E-state index is -0.510. The van der Waals surface area contributed by atoms with Crippen LogP contribution in [0.1, 0.15) is 32.1 Å². The minimum absolute atomic E-state index is 0.274. The number of hydrogen-bond acceptors (Lipinski definition) is 3. The maximum absolute atomic E-state index is 9.88. The number of nitrogens with one attached hydrogen (secondary N) is 1. The molecule has 0 bridgehead atoms. The van der Waals surface area contributed by atoms with Crippen molar-refractivity contribution in [3.8, 4) is 5.75 Å². The Morgan fingerprint density at radius 2 is 2.24 bits per heavy atom. The van der Waals surface area contributed by atoms with Gasteiger partial charge in [0, 0.05) is 11.6 Å². The number of allylic oxidation sites excluding steroid dienone is 1. The molecule has 0 heterocycles. The Bertz CT molecular complexity index is 462. The molecule has 0 fully saturated rings. The summed E-state index contributed by atoms with van der Waals surface area (Å²) >= 11 is 5.88. The number of hydrogen-bond donors (Lipinski definition) is 2. The molecule has 116 valence electrons. The third-order valence-corrected chi connectivity index (χ3v) is 3.86. The molecular formula is C17H24ClNO2. The second-order valence-electron chi connectivity index (χ2n) is 5.48. The predicted molar refractivity (Wildman–Crippen MR) is 87.0 cm³/mol. The highest BCUT2D eigenvalue weighted by Gasteiger charge is 2.06. The van der Waals surface area contributed by atoms with E-state index in [1.165, 1.54) is 25.7 Å². The van der Waals surface area contributed by atoms with Crippen molar-refractivity contribution >= 4 is 11.6 Å². The van der Waals surface area contributed by atoms with Gasteiger partial charge in [0.15, 0.2) is 0 Å². The van der Waals surface area contributed by atoms with Gasteiger partial charge >= 0.3 is 0 Å². The first-order valence-electron chi connectivity index (χ1n) is 7.69. The number of halogens is 1. The van der Waals surface area contributed by atoms with E-state index in [1.54, 1.807) is 17.7 Å². The van der Waals surface area contributed by atoms with E-state index in [0.717, 1.165) is 13.0 Å². The van der Waals surface area contributed by atoms with Crippen molar-refractivity contribution in [1.82, 2.24) is 5.32 Å². The summed E-state index contributed by atoms with van der Waals surface area (Å²) in [4.78, 5) is 0. The largest absolute Gasteiger partial charge is 0.491 e. The molecule has 2 N–H and O–H groups in total. The average molecular weight is 310 g/mol. The maximum atomic E-state index is 9.88. The second-order valence-corrected chi connectivity index (χ2v) is 5.92. The van der Waals surface area contributed by atoms with Gasteiger partial charge in [0.1, 0.15) is 18.5 Å². The van der Waals surface area contributed by atoms with E-state index in [4.69, 9.17) is 16.3 Å². The molecule has 1 atom stereocenters. The van der Waals surface area contributed by atoms with Gasteiger partial charge in [-0.1, -0.05) is 29.3 Å². The van der Waals surface area contributed by atoms with Gasteiger partial charge in [0.2, 0.25) is 0 Å². The van der Waals surface area contributed by atoms with Gasteiger partial charge in [-0.05, 0) is 56.8 Å². The predicted octanol–water partition coefficient (Wildman–Crippen LogP) is 3.56. The molecule has 1 unspecified atom stereocenters. The summed E-state index contributed by atoms with van der Waals surface area (Å²) < 4.78 is 5.51. The highest BCUT2D eigenvalue weighted by atomic mass is 35.5. The first kappa shape index (κ1) is 16.3. The van der Waals surface area contributed by atoms with Crippen LogP contribution < -0.4 is 10.1 Å². The van der Waals surface area contributed by atoms with Crippen LogP contribution in [0.5, 0.6) is 5.75 Å². The van der Waals surface area contributed by atoms with E-state index >= 15 is 0 Å². The van der Waals surface area contributed by atoms with Crippen LogP contribution in [0.3, 0.4) is 0 Å². The van der Waals surface area contributed by atoms with Gasteiger partial charge in [-0.15, -0.1) is 0 Å². The number of aliphatic hydroxyl groups is 1. The van der Waals surface area contributed by atoms with E-state index in [1.807, 2.05) is 12.1 Å². The Morgan fingerprint density at radius 1 is 1.33 bits per heavy atom. The normalized spacial score (nSPS) is 16.4. The van der Waals surface area contributed by atoms with Gasteiger partial charge in [-0.2, -0.15) is 0 Å². The van der Waals surface area contributed by atoms with Crippen LogP contribution in [-0.4, -0.2) is 30.9 Å². The van der Waals surface area contributed by atoms with Crippen molar-refractivity contribution in [1.29, 1.82) is 0 Å². The quantitative estimate of drug-likeness (QED) is 0.570. The fraction of sp³-hybridized carbons (Fsp3) is 0.529. The molecule has 1 aliphatic rings. The minimum Gasteiger partial charge on any atom is -0.491 e. The molecule has 3 nitrogen and oxygen atoms in total. The lowest BCUT2D eigenvalue weighted by molar-refractivity contribution is 0.106. The lowest BCUT2D eigenvalue weighted by Gasteiger charge is -2.15. The summed E-state index contributed by atoms with van der Waals surface area (Å²) in [7, 11) is 0. The van der Waals surface area contributed by atoms with Gasteiger partial charge in [0.25, 0.3) is 0 Å². The Kier molecular flexibility index (Phi) is 7.07. The van der Waals surface area contributed by atoms with E-state index < -0.39 is 6.10 Å². The van der Waals surface area contributed by atoms with Gasteiger partial charge < -0.3 is 15.2 Å². The average Bonchev–Trinajstić information content (AvgIpc) is 2.51. The second kappa shape index (κ2) is 9.08. The summed E-state index contributed by atoms with van der Waals surface area (Å²) in [6, 6.07) is 7.21. The molecule has 0 amide bonds. The molecule has 1 aromatic carbocycles. The standard InChI is InChI=1S/C17H24ClNO2/c18-15-7-4-8-17(11-15)21-13-16(20)12-19-10-9-14-5-2-1-3-6-14/h4-5,7-8,11,16,19-20H,1-3,6,9-10,12-13H2. The summed E-state index contributed by atoms with van der Waals surface area (Å²) in [5, 5.41) is 13.8. The maximum Gasteiger partial charge on any atom is 0.120 e. The Hall–Kier alpha value is -1.03. The van der Waals surface area contributed by atoms with E-state index in [2.05, 4.69) is 11.4 Å². The molecular weight excluding hydrogens is 286 g/mol. The highest BCUT2D eigenvalue weighted by Crippen LogP contribution is 2.19. The molecule has 0 aromatic heterocycles. The lowest BCUT2D eigenvalue weighted by Crippen LogP contribution is -2.32. The zero-order valence-corrected chi connectivity index (χ0v) is 13.1. The number of ether oxygens (including phenoxy) is 1. The molecule has 0 spiro atoms. The Labute approximate surface area is 132 Å². The van der Waals surface area contributed by atoms with Crippen molar-refractivity contribution in [3.63, 3.8) is 0 Å². The van der Waals surface area contributed by atoms with Crippen molar-refractivity contribution in [3.05, 3.63) is 40.9 Å². The van der Waals surface area contributed by atoms with Crippen LogP contribution in [0.2, 0.25) is 5.02 Å². The van der Waals surface area contributed by atoms with Crippen molar-refractivity contribution in [2.45, 2.75) is 38.2 Å². The van der Waals surface area contributed by atoms with Gasteiger partial charge in [-0.25, -0.2) is 0 Å². The highest BCUT2D eigenvalue weighted by molar-refractivity contribution is 6.30. The summed E-state index contributed by atoms with van der Waals surface area (Å²) in [6.45, 7) is 1.74. The first-order chi connectivity index (χ1) is 10.2. The van der Waals surface area contributed by atoms with Crippen molar-refractivity contribution < 1.29 is 9.84 Å². The van der Waals surface area contributed by atoms with E-state index in [-0.39, 0.29) is 6.61 Å². The third kappa shape index (κ3) is 6.51. The number of benzene rings is 1. The lowest BCUT2D eigenvalue weighted by atomic mass is 9.97. The Balaban J connectivity index is 1.57. The molecule has 0 radical (unpaired) electrons. The molecule has 1 aliphatic carbocycles. The topological polar surface area (TPSA) is 41.5 Å². The molecule has 0 aliphatic heterocycles. The Morgan fingerprint density at radius 3 is 3.00 bits per heavy atom. The van der Waals surface area contributed by atoms with Crippen LogP contribution in [0, 0.1) is 0 Å². The molecule has 0 saturated carbocycles. The third-order valence-electron chi connectivity index (χ3n) is 3.63. The van der Waals surface area contributed by atoms with Crippen LogP contribution in [0.4, 0.5) is 0 Å². The summed E-state index contributed by atoms with van der Waals surface area (Å²) in [5.41, 5.74) is 1.55. The van der Waals surface area contributed by atoms with Gasteiger partial charge in [-0.3, -0.25) is 0 Å². The van der Waals surface area contributed by atoms with Crippen molar-refractivity contribution in [2.75, 3.05) is 19.7 Å². The molecule has 4 heteroatoms. The van der Waals surface area contributed by atoms with Crippen LogP contribution >= 0.6 is 11.6 Å². The zero-order valence-electron chi connectivity index (χ0n) is 12.4. The molecule has 1 aromatic rings. The monoisotopic (exact) mass is 309 g/mol. The van der Waals surface area contributed by atoms with Crippen LogP contribution in [0.15, 0.2) is 35.9 Å². The fourth-order valence-electron chi connectivity index (χ4n) is 2.46. The van der Waals surface area contributed by atoms with E-state index in [0.29, 0.717) is 17.3 Å². The molecule has 2 rings (SSSR count). The summed E-state index contributed by atoms with van der Waals surface area (Å²) in [5.74, 6) is 0.689. The van der Waals surface area contributed by atoms with Crippen LogP contribution in [0.25, 0.3) is 0 Å². The van der Waals surface area contributed by atoms with Crippen molar-refractivity contribution in [2.24, 2.45) is 0 Å². The smallest absolute Gasteiger partial charge is 0.120 e. The SMILES string of the molecule is OC(CNCCC1=CCCCC1)COc1cccc(Cl)c1. The first-order valence-corrected chi connectivity index (χ1v) is 8.07. The zero-order chi connectivity index (χ0) is 14.9. The number of aliphatic hydroxyl groups excluding tert-OH is 1. The number of rotatable bonds is 8. The van der Waals surface area contributed by atoms with Crippen LogP contribution in [-0.2, 0) is 0 Å².